The lowest BCUT2D eigenvalue weighted by Gasteiger charge is -2.33. The lowest BCUT2D eigenvalue weighted by Crippen LogP contribution is -2.52. The number of aliphatic hydroxyl groups is 1. The van der Waals surface area contributed by atoms with Crippen LogP contribution in [0.4, 0.5) is 0 Å². The van der Waals surface area contributed by atoms with Gasteiger partial charge in [-0.05, 0) is 40.2 Å². The summed E-state index contributed by atoms with van der Waals surface area (Å²) in [6.45, 7) is 9.72. The SMILES string of the molecule is CCC1(N[S+]([O-])C(C)(C)C)COc2c1cc(C(C)O)nc2Cl. The normalized spacial score (nSPS) is 23.8. The predicted molar refractivity (Wildman–Crippen MR) is 88.4 cm³/mol. The van der Waals surface area contributed by atoms with Crippen LogP contribution in [0.2, 0.25) is 5.15 Å². The van der Waals surface area contributed by atoms with E-state index in [1.54, 1.807) is 13.0 Å². The summed E-state index contributed by atoms with van der Waals surface area (Å²) in [5.41, 5.74) is 0.697. The summed E-state index contributed by atoms with van der Waals surface area (Å²) in [6, 6.07) is 1.79. The summed E-state index contributed by atoms with van der Waals surface area (Å²) >= 11 is 4.93. The van der Waals surface area contributed by atoms with Crippen LogP contribution < -0.4 is 9.46 Å². The lowest BCUT2D eigenvalue weighted by molar-refractivity contribution is 0.194. The van der Waals surface area contributed by atoms with E-state index in [1.807, 2.05) is 27.7 Å². The van der Waals surface area contributed by atoms with Gasteiger partial charge < -0.3 is 14.4 Å². The molecule has 1 aromatic rings. The quantitative estimate of drug-likeness (QED) is 0.647. The van der Waals surface area contributed by atoms with Gasteiger partial charge >= 0.3 is 0 Å². The first-order chi connectivity index (χ1) is 10.1. The Hall–Kier alpha value is -0.530. The highest BCUT2D eigenvalue weighted by molar-refractivity contribution is 7.90. The first kappa shape index (κ1) is 17.8. The largest absolute Gasteiger partial charge is 0.598 e. The molecule has 7 heteroatoms. The molecule has 1 aromatic heterocycles. The van der Waals surface area contributed by atoms with Crippen LogP contribution in [-0.2, 0) is 16.9 Å². The molecule has 0 fully saturated rings. The number of halogens is 1. The highest BCUT2D eigenvalue weighted by Crippen LogP contribution is 2.44. The van der Waals surface area contributed by atoms with E-state index < -0.39 is 27.8 Å². The van der Waals surface area contributed by atoms with Crippen LogP contribution in [-0.4, -0.2) is 26.0 Å². The van der Waals surface area contributed by atoms with Crippen LogP contribution in [0.3, 0.4) is 0 Å². The maximum Gasteiger partial charge on any atom is 0.171 e. The van der Waals surface area contributed by atoms with Gasteiger partial charge in [-0.1, -0.05) is 18.5 Å². The third kappa shape index (κ3) is 3.21. The van der Waals surface area contributed by atoms with E-state index in [9.17, 15) is 9.66 Å². The van der Waals surface area contributed by atoms with Gasteiger partial charge in [0.1, 0.15) is 16.9 Å². The van der Waals surface area contributed by atoms with Gasteiger partial charge in [-0.3, -0.25) is 0 Å². The molecule has 0 aliphatic carbocycles. The third-order valence-corrected chi connectivity index (χ3v) is 5.75. The van der Waals surface area contributed by atoms with E-state index >= 15 is 0 Å². The number of nitrogens with zero attached hydrogens (tertiary/aromatic N) is 1. The number of pyridine rings is 1. The van der Waals surface area contributed by atoms with Crippen molar-refractivity contribution in [3.8, 4) is 5.75 Å². The van der Waals surface area contributed by atoms with Gasteiger partial charge in [0.25, 0.3) is 0 Å². The topological polar surface area (TPSA) is 77.4 Å². The van der Waals surface area contributed by atoms with Crippen LogP contribution in [0, 0.1) is 0 Å². The molecule has 22 heavy (non-hydrogen) atoms. The second-order valence-corrected chi connectivity index (χ2v) is 8.92. The highest BCUT2D eigenvalue weighted by atomic mass is 35.5. The average Bonchev–Trinajstić information content (AvgIpc) is 2.77. The van der Waals surface area contributed by atoms with Crippen molar-refractivity contribution in [2.24, 2.45) is 0 Å². The van der Waals surface area contributed by atoms with E-state index in [2.05, 4.69) is 9.71 Å². The summed E-state index contributed by atoms with van der Waals surface area (Å²) in [4.78, 5) is 4.16. The first-order valence-electron chi connectivity index (χ1n) is 7.32. The van der Waals surface area contributed by atoms with E-state index in [0.717, 1.165) is 5.56 Å². The summed E-state index contributed by atoms with van der Waals surface area (Å²) in [5, 5.41) is 10.0. The smallest absolute Gasteiger partial charge is 0.171 e. The molecule has 0 bridgehead atoms. The molecule has 2 heterocycles. The molecule has 124 valence electrons. The molecule has 0 amide bonds. The number of aromatic nitrogens is 1. The monoisotopic (exact) mass is 346 g/mol. The van der Waals surface area contributed by atoms with Gasteiger partial charge in [0.2, 0.25) is 0 Å². The first-order valence-corrected chi connectivity index (χ1v) is 8.85. The van der Waals surface area contributed by atoms with Gasteiger partial charge in [0, 0.05) is 16.9 Å². The van der Waals surface area contributed by atoms with E-state index in [-0.39, 0.29) is 5.15 Å². The molecular weight excluding hydrogens is 324 g/mol. The fourth-order valence-electron chi connectivity index (χ4n) is 2.28. The fourth-order valence-corrected chi connectivity index (χ4v) is 3.51. The molecule has 0 aromatic carbocycles. The van der Waals surface area contributed by atoms with Gasteiger partial charge in [-0.2, -0.15) is 0 Å². The zero-order valence-corrected chi connectivity index (χ0v) is 15.1. The number of aliphatic hydroxyl groups excluding tert-OH is 1. The molecule has 3 unspecified atom stereocenters. The Balaban J connectivity index is 2.46. The van der Waals surface area contributed by atoms with Crippen molar-refractivity contribution in [2.75, 3.05) is 6.61 Å². The van der Waals surface area contributed by atoms with Gasteiger partial charge in [-0.25, -0.2) is 4.98 Å². The van der Waals surface area contributed by atoms with Crippen LogP contribution in [0.25, 0.3) is 0 Å². The molecule has 5 nitrogen and oxygen atoms in total. The van der Waals surface area contributed by atoms with Gasteiger partial charge in [0.05, 0.1) is 11.8 Å². The number of nitrogens with one attached hydrogen (secondary N) is 1. The molecule has 0 spiro atoms. The number of hydrogen-bond donors (Lipinski definition) is 2. The number of rotatable bonds is 4. The summed E-state index contributed by atoms with van der Waals surface area (Å²) < 4.78 is 21.1. The predicted octanol–water partition coefficient (Wildman–Crippen LogP) is 2.84. The number of hydrogen-bond acceptors (Lipinski definition) is 5. The van der Waals surface area contributed by atoms with Gasteiger partial charge in [0.15, 0.2) is 10.9 Å². The summed E-state index contributed by atoms with van der Waals surface area (Å²) in [6.07, 6.45) is -0.0485. The Bertz CT molecular complexity index is 562. The summed E-state index contributed by atoms with van der Waals surface area (Å²) in [5.74, 6) is 0.506. The van der Waals surface area contributed by atoms with Crippen molar-refractivity contribution < 1.29 is 14.4 Å². The minimum Gasteiger partial charge on any atom is -0.598 e. The zero-order valence-electron chi connectivity index (χ0n) is 13.6. The molecule has 0 radical (unpaired) electrons. The van der Waals surface area contributed by atoms with Crippen LogP contribution in [0.15, 0.2) is 6.07 Å². The molecule has 2 N–H and O–H groups in total. The van der Waals surface area contributed by atoms with Crippen LogP contribution >= 0.6 is 11.6 Å². The van der Waals surface area contributed by atoms with Crippen molar-refractivity contribution in [3.05, 3.63) is 22.5 Å². The molecule has 3 atom stereocenters. The fraction of sp³-hybridized carbons (Fsp3) is 0.667. The molecule has 1 aliphatic rings. The van der Waals surface area contributed by atoms with Gasteiger partial charge in [-0.15, -0.1) is 4.72 Å². The Labute approximate surface area is 139 Å². The molecule has 0 saturated carbocycles. The second-order valence-electron chi connectivity index (χ2n) is 6.60. The zero-order chi connectivity index (χ0) is 16.7. The second kappa shape index (κ2) is 6.17. The van der Waals surface area contributed by atoms with Crippen molar-refractivity contribution in [2.45, 2.75) is 57.4 Å². The third-order valence-electron chi connectivity index (χ3n) is 3.81. The Kier molecular flexibility index (Phi) is 5.00. The standard InChI is InChI=1S/C15H23ClN2O3S/c1-6-15(18-22(20)14(3,4)5)8-21-12-10(15)7-11(9(2)19)17-13(12)16/h7,9,18-19H,6,8H2,1-5H3. The average molecular weight is 347 g/mol. The summed E-state index contributed by atoms with van der Waals surface area (Å²) in [7, 11) is 0. The van der Waals surface area contributed by atoms with Crippen LogP contribution in [0.1, 0.15) is 58.4 Å². The van der Waals surface area contributed by atoms with Crippen molar-refractivity contribution >= 4 is 23.0 Å². The highest BCUT2D eigenvalue weighted by Gasteiger charge is 2.46. The minimum absolute atomic E-state index is 0.229. The van der Waals surface area contributed by atoms with E-state index in [0.29, 0.717) is 24.5 Å². The Morgan fingerprint density at radius 2 is 2.23 bits per heavy atom. The molecule has 0 saturated heterocycles. The number of ether oxygens (including phenoxy) is 1. The van der Waals surface area contributed by atoms with E-state index in [1.165, 1.54) is 0 Å². The van der Waals surface area contributed by atoms with Crippen molar-refractivity contribution in [1.82, 2.24) is 9.71 Å². The number of fused-ring (bicyclic) bond motifs is 1. The molecule has 2 rings (SSSR count). The lowest BCUT2D eigenvalue weighted by atomic mass is 9.90. The Morgan fingerprint density at radius 1 is 1.59 bits per heavy atom. The maximum atomic E-state index is 12.5. The molecular formula is C15H23ClN2O3S. The van der Waals surface area contributed by atoms with Crippen LogP contribution in [0.5, 0.6) is 5.75 Å². The maximum absolute atomic E-state index is 12.5. The van der Waals surface area contributed by atoms with Crippen molar-refractivity contribution in [3.63, 3.8) is 0 Å². The minimum atomic E-state index is -1.25. The van der Waals surface area contributed by atoms with E-state index in [4.69, 9.17) is 16.3 Å². The molecule has 1 aliphatic heterocycles. The Morgan fingerprint density at radius 3 is 2.73 bits per heavy atom. The van der Waals surface area contributed by atoms with Crippen molar-refractivity contribution in [1.29, 1.82) is 0 Å².